The molecule has 31 heavy (non-hydrogen) atoms. The molecule has 3 N–H and O–H groups in total. The number of carbonyl (C=O) groups excluding carboxylic acids is 1. The standard InChI is InChI=1S/C22H22N6O3/c1-4-20(29)25-8-7-24-19-6-5-15(11-26-19)18-9-17(31-14-22(2,3)30)13-28-21(18)16(10-23)12-27-28/h1,5-6,9,11-13,30H,7-8,14H2,2-3H3,(H,24,26)(H,25,29). The fraction of sp³-hybridized carbons (Fsp3) is 0.273. The van der Waals surface area contributed by atoms with E-state index in [1.165, 1.54) is 6.20 Å². The molecule has 3 aromatic rings. The van der Waals surface area contributed by atoms with Crippen molar-refractivity contribution in [3.05, 3.63) is 42.4 Å². The molecule has 9 nitrogen and oxygen atoms in total. The molecule has 0 spiro atoms. The Morgan fingerprint density at radius 1 is 1.35 bits per heavy atom. The minimum absolute atomic E-state index is 0.0989. The van der Waals surface area contributed by atoms with Gasteiger partial charge in [-0.25, -0.2) is 9.50 Å². The van der Waals surface area contributed by atoms with E-state index in [9.17, 15) is 15.2 Å². The van der Waals surface area contributed by atoms with Crippen molar-refractivity contribution in [2.75, 3.05) is 25.0 Å². The van der Waals surface area contributed by atoms with Crippen LogP contribution < -0.4 is 15.4 Å². The van der Waals surface area contributed by atoms with E-state index < -0.39 is 11.5 Å². The Kier molecular flexibility index (Phi) is 6.39. The maximum atomic E-state index is 11.0. The fourth-order valence-electron chi connectivity index (χ4n) is 2.81. The van der Waals surface area contributed by atoms with Crippen LogP contribution in [0.3, 0.4) is 0 Å². The molecule has 0 radical (unpaired) electrons. The van der Waals surface area contributed by atoms with Crippen LogP contribution in [0.1, 0.15) is 19.4 Å². The smallest absolute Gasteiger partial charge is 0.295 e. The molecule has 0 saturated carbocycles. The molecule has 0 saturated heterocycles. The topological polar surface area (TPSA) is 125 Å². The van der Waals surface area contributed by atoms with Gasteiger partial charge in [0.2, 0.25) is 0 Å². The molecule has 0 bridgehead atoms. The average molecular weight is 418 g/mol. The highest BCUT2D eigenvalue weighted by Gasteiger charge is 2.17. The predicted octanol–water partition coefficient (Wildman–Crippen LogP) is 1.58. The number of carbonyl (C=O) groups is 1. The molecular weight excluding hydrogens is 396 g/mol. The van der Waals surface area contributed by atoms with Crippen molar-refractivity contribution >= 4 is 17.2 Å². The Hall–Kier alpha value is -4.08. The maximum absolute atomic E-state index is 11.0. The van der Waals surface area contributed by atoms with Crippen molar-refractivity contribution in [3.8, 4) is 35.3 Å². The van der Waals surface area contributed by atoms with Gasteiger partial charge in [-0.1, -0.05) is 0 Å². The second-order valence-electron chi connectivity index (χ2n) is 7.41. The summed E-state index contributed by atoms with van der Waals surface area (Å²) in [6.45, 7) is 4.24. The van der Waals surface area contributed by atoms with E-state index in [1.54, 1.807) is 42.9 Å². The number of ether oxygens (including phenoxy) is 1. The molecule has 0 unspecified atom stereocenters. The van der Waals surface area contributed by atoms with Crippen LogP contribution in [-0.2, 0) is 4.79 Å². The number of aliphatic hydroxyl groups is 1. The van der Waals surface area contributed by atoms with Crippen LogP contribution in [0.4, 0.5) is 5.82 Å². The summed E-state index contributed by atoms with van der Waals surface area (Å²) in [4.78, 5) is 15.4. The Morgan fingerprint density at radius 3 is 2.81 bits per heavy atom. The van der Waals surface area contributed by atoms with Crippen LogP contribution in [0.5, 0.6) is 5.75 Å². The lowest BCUT2D eigenvalue weighted by Crippen LogP contribution is -2.27. The van der Waals surface area contributed by atoms with Crippen molar-refractivity contribution in [1.29, 1.82) is 5.26 Å². The SMILES string of the molecule is C#CC(=O)NCCNc1ccc(-c2cc(OCC(C)(C)O)cn3ncc(C#N)c23)cn1. The average Bonchev–Trinajstić information content (AvgIpc) is 3.17. The number of anilines is 1. The summed E-state index contributed by atoms with van der Waals surface area (Å²) >= 11 is 0. The number of terminal acetylenes is 1. The Balaban J connectivity index is 1.85. The highest BCUT2D eigenvalue weighted by atomic mass is 16.5. The van der Waals surface area contributed by atoms with Gasteiger partial charge in [0.25, 0.3) is 5.91 Å². The number of amides is 1. The van der Waals surface area contributed by atoms with Gasteiger partial charge in [-0.3, -0.25) is 4.79 Å². The molecule has 0 aliphatic heterocycles. The maximum Gasteiger partial charge on any atom is 0.295 e. The molecule has 1 amide bonds. The minimum atomic E-state index is -0.994. The first-order chi connectivity index (χ1) is 14.8. The fourth-order valence-corrected chi connectivity index (χ4v) is 2.81. The zero-order valence-corrected chi connectivity index (χ0v) is 17.2. The normalized spacial score (nSPS) is 10.9. The van der Waals surface area contributed by atoms with Gasteiger partial charge in [0.15, 0.2) is 0 Å². The summed E-state index contributed by atoms with van der Waals surface area (Å²) in [5, 5.41) is 29.3. The van der Waals surface area contributed by atoms with Crippen molar-refractivity contribution < 1.29 is 14.6 Å². The lowest BCUT2D eigenvalue weighted by molar-refractivity contribution is -0.115. The van der Waals surface area contributed by atoms with Gasteiger partial charge in [0, 0.05) is 30.4 Å². The summed E-state index contributed by atoms with van der Waals surface area (Å²) in [6.07, 6.45) is 9.83. The lowest BCUT2D eigenvalue weighted by atomic mass is 10.1. The van der Waals surface area contributed by atoms with Gasteiger partial charge in [-0.05, 0) is 38.0 Å². The second-order valence-corrected chi connectivity index (χ2v) is 7.41. The molecule has 3 heterocycles. The van der Waals surface area contributed by atoms with E-state index in [0.717, 1.165) is 11.1 Å². The number of fused-ring (bicyclic) bond motifs is 1. The molecule has 158 valence electrons. The Labute approximate surface area is 179 Å². The van der Waals surface area contributed by atoms with Crippen LogP contribution in [-0.4, -0.2) is 50.9 Å². The van der Waals surface area contributed by atoms with E-state index in [0.29, 0.717) is 35.7 Å². The number of rotatable bonds is 8. The van der Waals surface area contributed by atoms with Gasteiger partial charge in [0.1, 0.15) is 24.2 Å². The third-order valence-electron chi connectivity index (χ3n) is 4.22. The van der Waals surface area contributed by atoms with Crippen molar-refractivity contribution in [2.24, 2.45) is 0 Å². The number of hydrogen-bond donors (Lipinski definition) is 3. The van der Waals surface area contributed by atoms with Crippen molar-refractivity contribution in [2.45, 2.75) is 19.4 Å². The van der Waals surface area contributed by atoms with Gasteiger partial charge in [-0.15, -0.1) is 6.42 Å². The quantitative estimate of drug-likeness (QED) is 0.375. The molecule has 0 aliphatic rings. The summed E-state index contributed by atoms with van der Waals surface area (Å²) in [6, 6.07) is 7.60. The monoisotopic (exact) mass is 418 g/mol. The van der Waals surface area contributed by atoms with E-state index in [4.69, 9.17) is 11.2 Å². The second kappa shape index (κ2) is 9.16. The Morgan fingerprint density at radius 2 is 2.16 bits per heavy atom. The van der Waals surface area contributed by atoms with Crippen LogP contribution in [0, 0.1) is 23.7 Å². The van der Waals surface area contributed by atoms with Crippen LogP contribution >= 0.6 is 0 Å². The van der Waals surface area contributed by atoms with Crippen LogP contribution in [0.25, 0.3) is 16.6 Å². The lowest BCUT2D eigenvalue weighted by Gasteiger charge is -2.18. The highest BCUT2D eigenvalue weighted by Crippen LogP contribution is 2.31. The zero-order valence-electron chi connectivity index (χ0n) is 17.2. The number of aromatic nitrogens is 3. The Bertz CT molecular complexity index is 1160. The van der Waals surface area contributed by atoms with Crippen molar-refractivity contribution in [3.63, 3.8) is 0 Å². The summed E-state index contributed by atoms with van der Waals surface area (Å²) in [7, 11) is 0. The number of nitrogens with one attached hydrogen (secondary N) is 2. The highest BCUT2D eigenvalue weighted by molar-refractivity contribution is 5.92. The van der Waals surface area contributed by atoms with E-state index >= 15 is 0 Å². The number of nitrogens with zero attached hydrogens (tertiary/aromatic N) is 4. The van der Waals surface area contributed by atoms with E-state index in [-0.39, 0.29) is 6.61 Å². The van der Waals surface area contributed by atoms with Gasteiger partial charge < -0.3 is 20.5 Å². The van der Waals surface area contributed by atoms with Gasteiger partial charge in [0.05, 0.1) is 29.1 Å². The molecule has 0 atom stereocenters. The minimum Gasteiger partial charge on any atom is -0.489 e. The summed E-state index contributed by atoms with van der Waals surface area (Å²) in [5.41, 5.74) is 1.56. The zero-order chi connectivity index (χ0) is 22.4. The van der Waals surface area contributed by atoms with Crippen LogP contribution in [0.2, 0.25) is 0 Å². The third-order valence-corrected chi connectivity index (χ3v) is 4.22. The number of nitriles is 1. The predicted molar refractivity (Wildman–Crippen MR) is 115 cm³/mol. The first-order valence-corrected chi connectivity index (χ1v) is 9.52. The molecule has 3 rings (SSSR count). The third kappa shape index (κ3) is 5.50. The van der Waals surface area contributed by atoms with E-state index in [2.05, 4.69) is 26.8 Å². The van der Waals surface area contributed by atoms with Gasteiger partial charge in [-0.2, -0.15) is 10.4 Å². The summed E-state index contributed by atoms with van der Waals surface area (Å²) in [5.74, 6) is 2.65. The number of hydrogen-bond acceptors (Lipinski definition) is 7. The van der Waals surface area contributed by atoms with Crippen LogP contribution in [0.15, 0.2) is 36.8 Å². The molecule has 3 aromatic heterocycles. The first kappa shape index (κ1) is 21.6. The summed E-state index contributed by atoms with van der Waals surface area (Å²) < 4.78 is 7.30. The molecule has 0 aliphatic carbocycles. The number of pyridine rings is 2. The largest absolute Gasteiger partial charge is 0.489 e. The molecule has 9 heteroatoms. The first-order valence-electron chi connectivity index (χ1n) is 9.52. The molecule has 0 fully saturated rings. The van der Waals surface area contributed by atoms with Gasteiger partial charge >= 0.3 is 0 Å². The van der Waals surface area contributed by atoms with E-state index in [1.807, 2.05) is 12.0 Å². The molecular formula is C22H22N6O3. The van der Waals surface area contributed by atoms with Crippen molar-refractivity contribution in [1.82, 2.24) is 19.9 Å². The molecule has 0 aromatic carbocycles.